The van der Waals surface area contributed by atoms with E-state index >= 15 is 0 Å². The Morgan fingerprint density at radius 3 is 2.19 bits per heavy atom. The van der Waals surface area contributed by atoms with Crippen molar-refractivity contribution in [2.45, 2.75) is 95.9 Å². The predicted molar refractivity (Wildman–Crippen MR) is 103 cm³/mol. The van der Waals surface area contributed by atoms with Gasteiger partial charge < -0.3 is 14.7 Å². The number of nitrogens with zero attached hydrogens (tertiary/aromatic N) is 1. The Labute approximate surface area is 157 Å². The van der Waals surface area contributed by atoms with Crippen LogP contribution in [0, 0.1) is 0 Å². The van der Waals surface area contributed by atoms with Crippen molar-refractivity contribution in [1.29, 1.82) is 0 Å². The highest BCUT2D eigenvalue weighted by Crippen LogP contribution is 2.43. The number of amides is 1. The molecule has 2 fully saturated rings. The van der Waals surface area contributed by atoms with Gasteiger partial charge in [-0.1, -0.05) is 38.1 Å². The van der Waals surface area contributed by atoms with Gasteiger partial charge in [-0.15, -0.1) is 0 Å². The zero-order chi connectivity index (χ0) is 19.1. The Morgan fingerprint density at radius 1 is 1.19 bits per heavy atom. The van der Waals surface area contributed by atoms with Crippen LogP contribution in [0.3, 0.4) is 0 Å². The maximum Gasteiger partial charge on any atom is 0.410 e. The first kappa shape index (κ1) is 19.2. The summed E-state index contributed by atoms with van der Waals surface area (Å²) in [5.41, 5.74) is 1.27. The van der Waals surface area contributed by atoms with Crippen LogP contribution in [0.15, 0.2) is 24.3 Å². The second kappa shape index (κ2) is 6.88. The fraction of sp³-hybridized carbons (Fsp3) is 0.682. The van der Waals surface area contributed by atoms with Crippen LogP contribution in [0.1, 0.15) is 77.3 Å². The van der Waals surface area contributed by atoms with E-state index in [1.54, 1.807) is 0 Å². The molecule has 0 spiro atoms. The van der Waals surface area contributed by atoms with Crippen LogP contribution in [0.4, 0.5) is 4.79 Å². The van der Waals surface area contributed by atoms with Crippen molar-refractivity contribution in [2.24, 2.45) is 0 Å². The summed E-state index contributed by atoms with van der Waals surface area (Å²) in [4.78, 5) is 14.5. The molecule has 0 saturated carbocycles. The number of carbonyl (C=O) groups is 1. The van der Waals surface area contributed by atoms with Gasteiger partial charge in [0.25, 0.3) is 0 Å². The third kappa shape index (κ3) is 4.22. The molecular weight excluding hydrogens is 326 g/mol. The monoisotopic (exact) mass is 359 g/mol. The van der Waals surface area contributed by atoms with Crippen LogP contribution in [0.25, 0.3) is 0 Å². The molecule has 0 radical (unpaired) electrons. The summed E-state index contributed by atoms with van der Waals surface area (Å²) >= 11 is 0. The Balaban J connectivity index is 1.68. The number of rotatable bonds is 3. The molecule has 3 rings (SSSR count). The second-order valence-electron chi connectivity index (χ2n) is 9.48. The molecule has 4 heteroatoms. The van der Waals surface area contributed by atoms with Crippen LogP contribution in [-0.4, -0.2) is 39.4 Å². The van der Waals surface area contributed by atoms with Crippen LogP contribution in [0.2, 0.25) is 0 Å². The largest absolute Gasteiger partial charge is 0.444 e. The maximum absolute atomic E-state index is 12.6. The summed E-state index contributed by atoms with van der Waals surface area (Å²) in [6.07, 6.45) is 3.61. The summed E-state index contributed by atoms with van der Waals surface area (Å²) < 4.78 is 5.59. The molecule has 1 aromatic carbocycles. The van der Waals surface area contributed by atoms with Gasteiger partial charge >= 0.3 is 6.09 Å². The number of aliphatic hydroxyl groups is 1. The summed E-state index contributed by atoms with van der Waals surface area (Å²) in [7, 11) is 0. The first-order valence-electron chi connectivity index (χ1n) is 9.89. The normalized spacial score (nSPS) is 28.5. The minimum absolute atomic E-state index is 0.0866. The quantitative estimate of drug-likeness (QED) is 0.855. The summed E-state index contributed by atoms with van der Waals surface area (Å²) in [5, 5.41) is 11.2. The van der Waals surface area contributed by atoms with Gasteiger partial charge in [0.2, 0.25) is 0 Å². The van der Waals surface area contributed by atoms with E-state index in [-0.39, 0.29) is 18.2 Å². The fourth-order valence-corrected chi connectivity index (χ4v) is 4.48. The number of hydrogen-bond acceptors (Lipinski definition) is 3. The van der Waals surface area contributed by atoms with Crippen molar-refractivity contribution in [3.63, 3.8) is 0 Å². The highest BCUT2D eigenvalue weighted by Gasteiger charge is 2.50. The van der Waals surface area contributed by atoms with Crippen LogP contribution < -0.4 is 0 Å². The van der Waals surface area contributed by atoms with E-state index in [0.717, 1.165) is 12.8 Å². The molecule has 2 atom stereocenters. The molecule has 1 amide bonds. The highest BCUT2D eigenvalue weighted by atomic mass is 16.6. The number of carbonyl (C=O) groups excluding carboxylic acids is 1. The number of fused-ring (bicyclic) bond motifs is 2. The molecule has 1 aromatic rings. The summed E-state index contributed by atoms with van der Waals surface area (Å²) in [6.45, 7) is 10.1. The lowest BCUT2D eigenvalue weighted by molar-refractivity contribution is -0.0579. The van der Waals surface area contributed by atoms with E-state index in [1.807, 2.05) is 25.7 Å². The van der Waals surface area contributed by atoms with Gasteiger partial charge in [-0.2, -0.15) is 0 Å². The van der Waals surface area contributed by atoms with Crippen molar-refractivity contribution in [3.8, 4) is 0 Å². The average Bonchev–Trinajstić information content (AvgIpc) is 2.79. The van der Waals surface area contributed by atoms with E-state index in [2.05, 4.69) is 38.1 Å². The smallest absolute Gasteiger partial charge is 0.410 e. The SMILES string of the molecule is CC(C)c1ccc(CC2(O)CC3CCC(C2)N3C(=O)OC(C)(C)C)cc1. The van der Waals surface area contributed by atoms with E-state index in [0.29, 0.717) is 25.2 Å². The Kier molecular flexibility index (Phi) is 5.08. The van der Waals surface area contributed by atoms with E-state index < -0.39 is 11.2 Å². The number of ether oxygens (including phenoxy) is 1. The molecule has 144 valence electrons. The highest BCUT2D eigenvalue weighted by molar-refractivity contribution is 5.69. The standard InChI is InChI=1S/C22H33NO3/c1-15(2)17-8-6-16(7-9-17)12-22(25)13-18-10-11-19(14-22)23(18)20(24)26-21(3,4)5/h6-9,15,18-19,25H,10-14H2,1-5H3. The third-order valence-corrected chi connectivity index (χ3v) is 5.63. The Bertz CT molecular complexity index is 630. The molecule has 4 nitrogen and oxygen atoms in total. The molecule has 2 unspecified atom stereocenters. The average molecular weight is 360 g/mol. The maximum atomic E-state index is 12.6. The molecule has 2 aliphatic rings. The first-order chi connectivity index (χ1) is 12.1. The Hall–Kier alpha value is -1.55. The van der Waals surface area contributed by atoms with Gasteiger partial charge in [0.05, 0.1) is 5.60 Å². The van der Waals surface area contributed by atoms with E-state index in [1.165, 1.54) is 11.1 Å². The van der Waals surface area contributed by atoms with Crippen molar-refractivity contribution in [2.75, 3.05) is 0 Å². The van der Waals surface area contributed by atoms with Crippen LogP contribution in [-0.2, 0) is 11.2 Å². The van der Waals surface area contributed by atoms with Gasteiger partial charge in [0.1, 0.15) is 5.60 Å². The molecule has 1 N–H and O–H groups in total. The minimum Gasteiger partial charge on any atom is -0.444 e. The zero-order valence-corrected chi connectivity index (χ0v) is 16.8. The predicted octanol–water partition coefficient (Wildman–Crippen LogP) is 4.65. The molecule has 2 bridgehead atoms. The number of piperidine rings is 1. The van der Waals surface area contributed by atoms with Gasteiger partial charge in [-0.25, -0.2) is 4.79 Å². The summed E-state index contributed by atoms with van der Waals surface area (Å²) in [5.74, 6) is 0.514. The van der Waals surface area contributed by atoms with Crippen LogP contribution in [0.5, 0.6) is 0 Å². The molecule has 0 aliphatic carbocycles. The van der Waals surface area contributed by atoms with Crippen molar-refractivity contribution < 1.29 is 14.6 Å². The van der Waals surface area contributed by atoms with Crippen LogP contribution >= 0.6 is 0 Å². The molecule has 0 aromatic heterocycles. The summed E-state index contributed by atoms with van der Waals surface area (Å²) in [6, 6.07) is 8.76. The third-order valence-electron chi connectivity index (χ3n) is 5.63. The molecule has 2 saturated heterocycles. The molecular formula is C22H33NO3. The lowest BCUT2D eigenvalue weighted by Crippen LogP contribution is -2.54. The molecule has 2 aliphatic heterocycles. The fourth-order valence-electron chi connectivity index (χ4n) is 4.48. The minimum atomic E-state index is -0.732. The molecule has 2 heterocycles. The lowest BCUT2D eigenvalue weighted by atomic mass is 9.81. The number of hydrogen-bond donors (Lipinski definition) is 1. The van der Waals surface area contributed by atoms with Crippen molar-refractivity contribution >= 4 is 6.09 Å². The zero-order valence-electron chi connectivity index (χ0n) is 16.8. The van der Waals surface area contributed by atoms with Crippen molar-refractivity contribution in [3.05, 3.63) is 35.4 Å². The van der Waals surface area contributed by atoms with Gasteiger partial charge in [-0.05, 0) is 63.5 Å². The first-order valence-corrected chi connectivity index (χ1v) is 9.89. The van der Waals surface area contributed by atoms with Gasteiger partial charge in [0, 0.05) is 18.5 Å². The van der Waals surface area contributed by atoms with E-state index in [4.69, 9.17) is 4.74 Å². The van der Waals surface area contributed by atoms with Gasteiger partial charge in [0.15, 0.2) is 0 Å². The second-order valence-corrected chi connectivity index (χ2v) is 9.48. The van der Waals surface area contributed by atoms with E-state index in [9.17, 15) is 9.90 Å². The topological polar surface area (TPSA) is 49.8 Å². The number of benzene rings is 1. The van der Waals surface area contributed by atoms with Crippen molar-refractivity contribution in [1.82, 2.24) is 4.90 Å². The lowest BCUT2D eigenvalue weighted by Gasteiger charge is -2.44. The van der Waals surface area contributed by atoms with Gasteiger partial charge in [-0.3, -0.25) is 0 Å². The Morgan fingerprint density at radius 2 is 1.73 bits per heavy atom. The molecule has 26 heavy (non-hydrogen) atoms.